The van der Waals surface area contributed by atoms with Crippen LogP contribution in [0.1, 0.15) is 5.56 Å². The van der Waals surface area contributed by atoms with Crippen LogP contribution < -0.4 is 10.1 Å². The second-order valence-corrected chi connectivity index (χ2v) is 5.39. The average Bonchev–Trinajstić information content (AvgIpc) is 2.47. The van der Waals surface area contributed by atoms with Crippen molar-refractivity contribution < 1.29 is 9.53 Å². The van der Waals surface area contributed by atoms with E-state index in [4.69, 9.17) is 21.6 Å². The maximum absolute atomic E-state index is 11.8. The highest BCUT2D eigenvalue weighted by molar-refractivity contribution is 9.10. The summed E-state index contributed by atoms with van der Waals surface area (Å²) in [7, 11) is 0. The predicted octanol–water partition coefficient (Wildman–Crippen LogP) is 3.99. The van der Waals surface area contributed by atoms with E-state index in [1.54, 1.807) is 42.5 Å². The summed E-state index contributed by atoms with van der Waals surface area (Å²) in [5.41, 5.74) is 0.850. The minimum absolute atomic E-state index is 0.193. The number of halogens is 2. The smallest absolute Gasteiger partial charge is 0.262 e. The van der Waals surface area contributed by atoms with Gasteiger partial charge in [0, 0.05) is 4.47 Å². The van der Waals surface area contributed by atoms with Crippen LogP contribution in [-0.4, -0.2) is 12.5 Å². The van der Waals surface area contributed by atoms with Crippen molar-refractivity contribution in [3.8, 4) is 11.8 Å². The van der Waals surface area contributed by atoms with Crippen molar-refractivity contribution in [2.75, 3.05) is 11.9 Å². The van der Waals surface area contributed by atoms with E-state index in [1.165, 1.54) is 0 Å². The third-order valence-corrected chi connectivity index (χ3v) is 3.36. The Morgan fingerprint density at radius 3 is 2.81 bits per heavy atom. The molecule has 0 saturated heterocycles. The predicted molar refractivity (Wildman–Crippen MR) is 84.4 cm³/mol. The average molecular weight is 366 g/mol. The molecule has 0 bridgehead atoms. The maximum Gasteiger partial charge on any atom is 0.262 e. The highest BCUT2D eigenvalue weighted by Gasteiger charge is 2.08. The molecule has 0 atom stereocenters. The van der Waals surface area contributed by atoms with Crippen molar-refractivity contribution in [3.05, 3.63) is 57.5 Å². The summed E-state index contributed by atoms with van der Waals surface area (Å²) in [6.07, 6.45) is 0. The molecular weight excluding hydrogens is 356 g/mol. The van der Waals surface area contributed by atoms with Gasteiger partial charge in [-0.2, -0.15) is 5.26 Å². The summed E-state index contributed by atoms with van der Waals surface area (Å²) in [5, 5.41) is 12.0. The first-order valence-corrected chi connectivity index (χ1v) is 7.14. The molecule has 0 fully saturated rings. The Labute approximate surface area is 135 Å². The van der Waals surface area contributed by atoms with E-state index in [9.17, 15) is 4.79 Å². The highest BCUT2D eigenvalue weighted by atomic mass is 79.9. The Balaban J connectivity index is 1.98. The lowest BCUT2D eigenvalue weighted by molar-refractivity contribution is -0.118. The molecule has 1 amide bonds. The topological polar surface area (TPSA) is 62.1 Å². The molecule has 4 nitrogen and oxygen atoms in total. The van der Waals surface area contributed by atoms with Gasteiger partial charge in [-0.3, -0.25) is 4.79 Å². The molecule has 0 saturated carbocycles. The third kappa shape index (κ3) is 4.22. The number of para-hydroxylation sites is 1. The number of anilines is 1. The molecule has 1 N–H and O–H groups in total. The SMILES string of the molecule is N#Cc1ccccc1NC(=O)COc1ccc(Br)cc1Cl. The quantitative estimate of drug-likeness (QED) is 0.891. The van der Waals surface area contributed by atoms with Crippen molar-refractivity contribution in [1.29, 1.82) is 5.26 Å². The molecule has 0 aliphatic heterocycles. The van der Waals surface area contributed by atoms with Gasteiger partial charge in [0.2, 0.25) is 0 Å². The molecule has 0 heterocycles. The lowest BCUT2D eigenvalue weighted by atomic mass is 10.2. The van der Waals surface area contributed by atoms with Crippen LogP contribution in [0.25, 0.3) is 0 Å². The van der Waals surface area contributed by atoms with Gasteiger partial charge in [-0.25, -0.2) is 0 Å². The van der Waals surface area contributed by atoms with Crippen molar-refractivity contribution in [2.24, 2.45) is 0 Å². The summed E-state index contributed by atoms with van der Waals surface area (Å²) in [6.45, 7) is -0.193. The Bertz CT molecular complexity index is 713. The monoisotopic (exact) mass is 364 g/mol. The lowest BCUT2D eigenvalue weighted by Crippen LogP contribution is -2.20. The Morgan fingerprint density at radius 1 is 1.33 bits per heavy atom. The fourth-order valence-corrected chi connectivity index (χ4v) is 2.34. The number of ether oxygens (including phenoxy) is 1. The fourth-order valence-electron chi connectivity index (χ4n) is 1.61. The van der Waals surface area contributed by atoms with Gasteiger partial charge in [-0.05, 0) is 30.3 Å². The number of carbonyl (C=O) groups is 1. The second-order valence-electron chi connectivity index (χ2n) is 4.07. The first kappa shape index (κ1) is 15.4. The minimum Gasteiger partial charge on any atom is -0.482 e. The number of nitrogens with zero attached hydrogens (tertiary/aromatic N) is 1. The highest BCUT2D eigenvalue weighted by Crippen LogP contribution is 2.27. The van der Waals surface area contributed by atoms with Crippen molar-refractivity contribution >= 4 is 39.1 Å². The van der Waals surface area contributed by atoms with E-state index >= 15 is 0 Å². The third-order valence-electron chi connectivity index (χ3n) is 2.57. The molecule has 2 rings (SSSR count). The fraction of sp³-hybridized carbons (Fsp3) is 0.0667. The van der Waals surface area contributed by atoms with E-state index in [0.717, 1.165) is 4.47 Å². The molecule has 2 aromatic rings. The zero-order valence-electron chi connectivity index (χ0n) is 10.8. The summed E-state index contributed by atoms with van der Waals surface area (Å²) in [6, 6.07) is 13.9. The number of carbonyl (C=O) groups excluding carboxylic acids is 1. The first-order valence-electron chi connectivity index (χ1n) is 5.97. The van der Waals surface area contributed by atoms with E-state index in [-0.39, 0.29) is 12.5 Å². The number of amides is 1. The van der Waals surface area contributed by atoms with E-state index in [2.05, 4.69) is 21.2 Å². The van der Waals surface area contributed by atoms with Crippen LogP contribution in [-0.2, 0) is 4.79 Å². The van der Waals surface area contributed by atoms with Crippen LogP contribution in [0.15, 0.2) is 46.9 Å². The van der Waals surface area contributed by atoms with E-state index in [1.807, 2.05) is 6.07 Å². The van der Waals surface area contributed by atoms with Crippen molar-refractivity contribution in [2.45, 2.75) is 0 Å². The van der Waals surface area contributed by atoms with E-state index in [0.29, 0.717) is 22.0 Å². The molecular formula is C15H10BrClN2O2. The van der Waals surface area contributed by atoms with Gasteiger partial charge in [0.05, 0.1) is 16.3 Å². The maximum atomic E-state index is 11.8. The van der Waals surface area contributed by atoms with Gasteiger partial charge in [0.15, 0.2) is 6.61 Å². The van der Waals surface area contributed by atoms with E-state index < -0.39 is 0 Å². The van der Waals surface area contributed by atoms with Crippen LogP contribution in [0.4, 0.5) is 5.69 Å². The number of rotatable bonds is 4. The summed E-state index contributed by atoms with van der Waals surface area (Å²) >= 11 is 9.28. The zero-order chi connectivity index (χ0) is 15.2. The molecule has 0 spiro atoms. The molecule has 0 radical (unpaired) electrons. The standard InChI is InChI=1S/C15H10BrClN2O2/c16-11-5-6-14(12(17)7-11)21-9-15(20)19-13-4-2-1-3-10(13)8-18/h1-7H,9H2,(H,19,20). The number of hydrogen-bond donors (Lipinski definition) is 1. The zero-order valence-corrected chi connectivity index (χ0v) is 13.1. The summed E-state index contributed by atoms with van der Waals surface area (Å²) in [5.74, 6) is 0.0558. The molecule has 0 aliphatic rings. The van der Waals surface area contributed by atoms with Gasteiger partial charge >= 0.3 is 0 Å². The Hall–Kier alpha value is -2.03. The van der Waals surface area contributed by atoms with Gasteiger partial charge in [0.1, 0.15) is 11.8 Å². The van der Waals surface area contributed by atoms with Gasteiger partial charge in [-0.1, -0.05) is 39.7 Å². The van der Waals surface area contributed by atoms with Crippen LogP contribution in [0.2, 0.25) is 5.02 Å². The number of nitriles is 1. The number of hydrogen-bond acceptors (Lipinski definition) is 3. The first-order chi connectivity index (χ1) is 10.1. The van der Waals surface area contributed by atoms with Gasteiger partial charge in [0.25, 0.3) is 5.91 Å². The summed E-state index contributed by atoms with van der Waals surface area (Å²) < 4.78 is 6.18. The number of benzene rings is 2. The van der Waals surface area contributed by atoms with Gasteiger partial charge < -0.3 is 10.1 Å². The molecule has 0 aromatic heterocycles. The van der Waals surface area contributed by atoms with Crippen LogP contribution in [0, 0.1) is 11.3 Å². The van der Waals surface area contributed by atoms with Crippen molar-refractivity contribution in [3.63, 3.8) is 0 Å². The van der Waals surface area contributed by atoms with Crippen LogP contribution in [0.3, 0.4) is 0 Å². The second kappa shape index (κ2) is 7.11. The molecule has 21 heavy (non-hydrogen) atoms. The number of nitrogens with one attached hydrogen (secondary N) is 1. The molecule has 6 heteroatoms. The van der Waals surface area contributed by atoms with Gasteiger partial charge in [-0.15, -0.1) is 0 Å². The Morgan fingerprint density at radius 2 is 2.10 bits per heavy atom. The minimum atomic E-state index is -0.364. The largest absolute Gasteiger partial charge is 0.482 e. The molecule has 106 valence electrons. The normalized spacial score (nSPS) is 9.76. The molecule has 0 aliphatic carbocycles. The lowest BCUT2D eigenvalue weighted by Gasteiger charge is -2.09. The summed E-state index contributed by atoms with van der Waals surface area (Å²) in [4.78, 5) is 11.8. The molecule has 2 aromatic carbocycles. The Kier molecular flexibility index (Phi) is 5.20. The van der Waals surface area contributed by atoms with Crippen molar-refractivity contribution in [1.82, 2.24) is 0 Å². The van der Waals surface area contributed by atoms with Crippen LogP contribution in [0.5, 0.6) is 5.75 Å². The van der Waals surface area contributed by atoms with Crippen LogP contribution >= 0.6 is 27.5 Å². The molecule has 0 unspecified atom stereocenters.